The molecule has 0 radical (unpaired) electrons. The minimum Gasteiger partial charge on any atom is -0.488 e. The fourth-order valence-corrected chi connectivity index (χ4v) is 4.12. The van der Waals surface area contributed by atoms with Crippen LogP contribution >= 0.6 is 0 Å². The highest BCUT2D eigenvalue weighted by atomic mass is 19.4. The average molecular weight is 572 g/mol. The number of carboxylic acid groups (broad SMARTS) is 1. The molecule has 2 atom stereocenters. The van der Waals surface area contributed by atoms with E-state index in [4.69, 9.17) is 14.6 Å². The van der Waals surface area contributed by atoms with Gasteiger partial charge in [-0.25, -0.2) is 9.18 Å². The predicted octanol–water partition coefficient (Wildman–Crippen LogP) is 5.40. The van der Waals surface area contributed by atoms with E-state index in [1.54, 1.807) is 6.07 Å². The highest BCUT2D eigenvalue weighted by molar-refractivity contribution is 5.82. The smallest absolute Gasteiger partial charge is 0.488 e. The van der Waals surface area contributed by atoms with Crippen LogP contribution in [-0.2, 0) is 22.6 Å². The van der Waals surface area contributed by atoms with Crippen LogP contribution in [-0.4, -0.2) is 41.8 Å². The summed E-state index contributed by atoms with van der Waals surface area (Å²) in [5.41, 5.74) is 3.61. The first-order valence-corrected chi connectivity index (χ1v) is 12.9. The zero-order valence-corrected chi connectivity index (χ0v) is 22.0. The number of halogens is 4. The Morgan fingerprint density at radius 2 is 1.73 bits per heavy atom. The molecule has 0 aromatic heterocycles. The molecule has 3 N–H and O–H groups in total. The number of aliphatic carboxylic acids is 1. The summed E-state index contributed by atoms with van der Waals surface area (Å²) in [6.45, 7) is 1.17. The number of piperidine rings is 1. The van der Waals surface area contributed by atoms with Gasteiger partial charge in [0.25, 0.3) is 0 Å². The first-order valence-electron chi connectivity index (χ1n) is 12.9. The molecule has 1 saturated heterocycles. The number of amides is 1. The number of nitriles is 1. The van der Waals surface area contributed by atoms with Crippen molar-refractivity contribution in [1.29, 1.82) is 5.26 Å². The molecule has 7 nitrogen and oxygen atoms in total. The molecular weight excluding hydrogens is 542 g/mol. The monoisotopic (exact) mass is 571 g/mol. The molecule has 1 amide bonds. The Balaban J connectivity index is 0.000000587. The van der Waals surface area contributed by atoms with Crippen LogP contribution in [0.25, 0.3) is 11.1 Å². The van der Waals surface area contributed by atoms with Crippen molar-refractivity contribution in [2.75, 3.05) is 6.54 Å². The van der Waals surface area contributed by atoms with Gasteiger partial charge in [0.15, 0.2) is 0 Å². The Labute approximate surface area is 234 Å². The summed E-state index contributed by atoms with van der Waals surface area (Å²) in [5, 5.41) is 22.7. The van der Waals surface area contributed by atoms with Crippen LogP contribution in [0, 0.1) is 17.1 Å². The van der Waals surface area contributed by atoms with Gasteiger partial charge in [-0.15, -0.1) is 0 Å². The minimum atomic E-state index is -5.08. The third-order valence-corrected chi connectivity index (χ3v) is 6.23. The number of carbonyl (C=O) groups excluding carboxylic acids is 1. The van der Waals surface area contributed by atoms with E-state index in [9.17, 15) is 27.6 Å². The summed E-state index contributed by atoms with van der Waals surface area (Å²) in [7, 11) is 0. The van der Waals surface area contributed by atoms with Gasteiger partial charge in [0.05, 0.1) is 12.1 Å². The maximum Gasteiger partial charge on any atom is 0.490 e. The predicted molar refractivity (Wildman–Crippen MR) is 143 cm³/mol. The van der Waals surface area contributed by atoms with Crippen molar-refractivity contribution in [3.8, 4) is 22.9 Å². The summed E-state index contributed by atoms with van der Waals surface area (Å²) >= 11 is 0. The zero-order chi connectivity index (χ0) is 29.8. The molecule has 0 bridgehead atoms. The molecule has 3 aromatic rings. The van der Waals surface area contributed by atoms with Gasteiger partial charge in [0.1, 0.15) is 24.2 Å². The molecule has 1 aliphatic heterocycles. The molecule has 1 heterocycles. The minimum absolute atomic E-state index is 0.116. The highest BCUT2D eigenvalue weighted by Crippen LogP contribution is 2.32. The zero-order valence-electron chi connectivity index (χ0n) is 22.0. The standard InChI is InChI=1S/C28H28FN3O2.C2HF3O2/c29-23-13-14-25(27(17-23)34-19-21-6-2-1-3-7-21)22-11-9-20(10-12-22)16-24(18-30)32-28(33)26-8-4-5-15-31-26;3-2(4,5)1(6)7/h1-3,6-7,9-14,17,24,26,31H,4-5,8,15-16,19H2,(H,32,33);(H,6,7)/t24-,26-;/m0./s1. The lowest BCUT2D eigenvalue weighted by Crippen LogP contribution is -2.49. The van der Waals surface area contributed by atoms with Crippen LogP contribution in [0.4, 0.5) is 17.6 Å². The van der Waals surface area contributed by atoms with E-state index in [1.807, 2.05) is 54.6 Å². The molecule has 4 rings (SSSR count). The van der Waals surface area contributed by atoms with Gasteiger partial charge in [-0.1, -0.05) is 61.0 Å². The molecule has 0 unspecified atom stereocenters. The highest BCUT2D eigenvalue weighted by Gasteiger charge is 2.38. The first-order chi connectivity index (χ1) is 19.6. The van der Waals surface area contributed by atoms with Crippen LogP contribution in [0.2, 0.25) is 0 Å². The van der Waals surface area contributed by atoms with Crippen molar-refractivity contribution < 1.29 is 37.0 Å². The van der Waals surface area contributed by atoms with E-state index >= 15 is 0 Å². The summed E-state index contributed by atoms with van der Waals surface area (Å²) in [4.78, 5) is 21.4. The van der Waals surface area contributed by atoms with E-state index in [0.717, 1.165) is 48.1 Å². The number of carbonyl (C=O) groups is 2. The Morgan fingerprint density at radius 1 is 1.05 bits per heavy atom. The van der Waals surface area contributed by atoms with Gasteiger partial charge >= 0.3 is 12.1 Å². The van der Waals surface area contributed by atoms with Crippen LogP contribution in [0.1, 0.15) is 30.4 Å². The van der Waals surface area contributed by atoms with Crippen molar-refractivity contribution in [3.05, 3.63) is 89.7 Å². The van der Waals surface area contributed by atoms with Crippen molar-refractivity contribution in [1.82, 2.24) is 10.6 Å². The average Bonchev–Trinajstić information content (AvgIpc) is 2.97. The number of ether oxygens (including phenoxy) is 1. The SMILES string of the molecule is N#C[C@H](Cc1ccc(-c2ccc(F)cc2OCc2ccccc2)cc1)NC(=O)[C@@H]1CCCCN1.O=C(O)C(F)(F)F. The fourth-order valence-electron chi connectivity index (χ4n) is 4.12. The van der Waals surface area contributed by atoms with Crippen LogP contribution in [0.5, 0.6) is 5.75 Å². The molecule has 3 aromatic carbocycles. The Hall–Kier alpha value is -4.43. The molecule has 1 aliphatic rings. The van der Waals surface area contributed by atoms with Crippen molar-refractivity contribution >= 4 is 11.9 Å². The van der Waals surface area contributed by atoms with Gasteiger partial charge in [-0.3, -0.25) is 4.79 Å². The van der Waals surface area contributed by atoms with Gasteiger partial charge in [0.2, 0.25) is 5.91 Å². The number of nitrogens with zero attached hydrogens (tertiary/aromatic N) is 1. The lowest BCUT2D eigenvalue weighted by atomic mass is 9.99. The quantitative estimate of drug-likeness (QED) is 0.313. The molecule has 11 heteroatoms. The van der Waals surface area contributed by atoms with E-state index in [-0.39, 0.29) is 17.8 Å². The van der Waals surface area contributed by atoms with Gasteiger partial charge in [0, 0.05) is 18.1 Å². The summed E-state index contributed by atoms with van der Waals surface area (Å²) in [5.74, 6) is -2.76. The van der Waals surface area contributed by atoms with Crippen LogP contribution in [0.3, 0.4) is 0 Å². The van der Waals surface area contributed by atoms with Crippen molar-refractivity contribution in [2.24, 2.45) is 0 Å². The van der Waals surface area contributed by atoms with Crippen LogP contribution in [0.15, 0.2) is 72.8 Å². The maximum absolute atomic E-state index is 13.9. The second kappa shape index (κ2) is 14.8. The largest absolute Gasteiger partial charge is 0.490 e. The molecule has 0 saturated carbocycles. The Kier molecular flexibility index (Phi) is 11.2. The Bertz CT molecular complexity index is 1340. The molecule has 0 spiro atoms. The van der Waals surface area contributed by atoms with E-state index < -0.39 is 18.2 Å². The molecule has 216 valence electrons. The topological polar surface area (TPSA) is 111 Å². The van der Waals surface area contributed by atoms with E-state index in [0.29, 0.717) is 18.8 Å². The number of alkyl halides is 3. The first kappa shape index (κ1) is 31.1. The van der Waals surface area contributed by atoms with E-state index in [1.165, 1.54) is 12.1 Å². The van der Waals surface area contributed by atoms with Gasteiger partial charge in [-0.05, 0) is 48.2 Å². The number of benzene rings is 3. The molecular formula is C30H29F4N3O4. The number of rotatable bonds is 8. The Morgan fingerprint density at radius 3 is 2.32 bits per heavy atom. The fraction of sp³-hybridized carbons (Fsp3) is 0.300. The molecule has 1 fully saturated rings. The summed E-state index contributed by atoms with van der Waals surface area (Å²) < 4.78 is 51.6. The van der Waals surface area contributed by atoms with Gasteiger partial charge in [-0.2, -0.15) is 18.4 Å². The third-order valence-electron chi connectivity index (χ3n) is 6.23. The lowest BCUT2D eigenvalue weighted by Gasteiger charge is -2.23. The lowest BCUT2D eigenvalue weighted by molar-refractivity contribution is -0.192. The van der Waals surface area contributed by atoms with E-state index in [2.05, 4.69) is 16.7 Å². The third kappa shape index (κ3) is 9.92. The van der Waals surface area contributed by atoms with Gasteiger partial charge < -0.3 is 20.5 Å². The number of carboxylic acids is 1. The molecule has 41 heavy (non-hydrogen) atoms. The summed E-state index contributed by atoms with van der Waals surface area (Å²) in [6.07, 6.45) is -1.78. The second-order valence-electron chi connectivity index (χ2n) is 9.31. The molecule has 0 aliphatic carbocycles. The second-order valence-corrected chi connectivity index (χ2v) is 9.31. The number of hydrogen-bond acceptors (Lipinski definition) is 5. The normalized spacial score (nSPS) is 15.4. The summed E-state index contributed by atoms with van der Waals surface area (Å²) in [6, 6.07) is 23.3. The van der Waals surface area contributed by atoms with Crippen molar-refractivity contribution in [2.45, 2.75) is 50.6 Å². The van der Waals surface area contributed by atoms with Crippen LogP contribution < -0.4 is 15.4 Å². The number of hydrogen-bond donors (Lipinski definition) is 3. The van der Waals surface area contributed by atoms with Crippen molar-refractivity contribution in [3.63, 3.8) is 0 Å². The maximum atomic E-state index is 13.9. The number of nitrogens with one attached hydrogen (secondary N) is 2.